The number of aryl methyl sites for hydroxylation is 1. The molecule has 8 heteroatoms. The number of nitrogens with zero attached hydrogens (tertiary/aromatic N) is 2. The quantitative estimate of drug-likeness (QED) is 0.853. The summed E-state index contributed by atoms with van der Waals surface area (Å²) in [4.78, 5) is 12.1. The Balaban J connectivity index is 1.84. The van der Waals surface area contributed by atoms with Crippen LogP contribution in [0.25, 0.3) is 0 Å². The van der Waals surface area contributed by atoms with Gasteiger partial charge in [-0.15, -0.1) is 0 Å². The number of fused-ring (bicyclic) bond motifs is 1. The zero-order valence-electron chi connectivity index (χ0n) is 11.3. The zero-order valence-corrected chi connectivity index (χ0v) is 12.1. The Morgan fingerprint density at radius 2 is 2.14 bits per heavy atom. The van der Waals surface area contributed by atoms with E-state index in [1.807, 2.05) is 24.3 Å². The molecule has 2 aromatic rings. The molecule has 1 aromatic heterocycles. The molecule has 1 aliphatic carbocycles. The predicted molar refractivity (Wildman–Crippen MR) is 76.1 cm³/mol. The molecule has 110 valence electrons. The second-order valence-corrected chi connectivity index (χ2v) is 6.54. The average Bonchev–Trinajstić information content (AvgIpc) is 2.71. The van der Waals surface area contributed by atoms with Crippen LogP contribution in [0.1, 0.15) is 17.0 Å². The third kappa shape index (κ3) is 2.43. The van der Waals surface area contributed by atoms with Crippen molar-refractivity contribution in [3.05, 3.63) is 41.6 Å². The Labute approximate surface area is 121 Å². The second-order valence-electron chi connectivity index (χ2n) is 5.01. The maximum Gasteiger partial charge on any atom is 0.243 e. The molecule has 1 unspecified atom stereocenters. The van der Waals surface area contributed by atoms with Crippen LogP contribution in [0.2, 0.25) is 0 Å². The number of primary sulfonamides is 1. The molecule has 1 aromatic carbocycles. The van der Waals surface area contributed by atoms with Crippen molar-refractivity contribution >= 4 is 21.7 Å². The van der Waals surface area contributed by atoms with E-state index in [4.69, 9.17) is 5.14 Å². The normalized spacial score (nSPS) is 17.0. The van der Waals surface area contributed by atoms with E-state index in [2.05, 4.69) is 10.4 Å². The summed E-state index contributed by atoms with van der Waals surface area (Å²) >= 11 is 0. The first-order valence-electron chi connectivity index (χ1n) is 6.31. The van der Waals surface area contributed by atoms with Crippen LogP contribution in [0.4, 0.5) is 5.82 Å². The number of rotatable bonds is 3. The first kappa shape index (κ1) is 13.8. The molecule has 1 aliphatic rings. The number of carbonyl (C=O) groups is 1. The van der Waals surface area contributed by atoms with Crippen molar-refractivity contribution in [1.29, 1.82) is 0 Å². The van der Waals surface area contributed by atoms with Gasteiger partial charge in [0.2, 0.25) is 15.9 Å². The Morgan fingerprint density at radius 1 is 1.43 bits per heavy atom. The van der Waals surface area contributed by atoms with E-state index in [0.717, 1.165) is 11.1 Å². The second kappa shape index (κ2) is 4.68. The molecule has 3 rings (SSSR count). The van der Waals surface area contributed by atoms with Gasteiger partial charge in [-0.05, 0) is 17.5 Å². The minimum atomic E-state index is -3.93. The fourth-order valence-corrected chi connectivity index (χ4v) is 3.12. The first-order chi connectivity index (χ1) is 9.86. The number of anilines is 1. The molecule has 21 heavy (non-hydrogen) atoms. The van der Waals surface area contributed by atoms with Crippen LogP contribution >= 0.6 is 0 Å². The highest BCUT2D eigenvalue weighted by Crippen LogP contribution is 2.35. The average molecular weight is 306 g/mol. The first-order valence-corrected chi connectivity index (χ1v) is 7.86. The van der Waals surface area contributed by atoms with Crippen LogP contribution in [0, 0.1) is 0 Å². The van der Waals surface area contributed by atoms with Crippen LogP contribution in [0.15, 0.2) is 35.4 Å². The summed E-state index contributed by atoms with van der Waals surface area (Å²) in [5.41, 5.74) is 2.09. The van der Waals surface area contributed by atoms with Crippen LogP contribution in [-0.2, 0) is 28.3 Å². The molecule has 0 bridgehead atoms. The van der Waals surface area contributed by atoms with Gasteiger partial charge in [-0.25, -0.2) is 13.6 Å². The lowest BCUT2D eigenvalue weighted by Crippen LogP contribution is -2.30. The highest BCUT2D eigenvalue weighted by Gasteiger charge is 2.33. The summed E-state index contributed by atoms with van der Waals surface area (Å²) in [5, 5.41) is 11.6. The number of hydrogen-bond donors (Lipinski definition) is 2. The van der Waals surface area contributed by atoms with Gasteiger partial charge in [-0.3, -0.25) is 9.48 Å². The molecule has 0 aliphatic heterocycles. The van der Waals surface area contributed by atoms with E-state index >= 15 is 0 Å². The SMILES string of the molecule is Cn1cc(S(N)(=O)=O)c(NC(=O)C2Cc3ccccc32)n1. The van der Waals surface area contributed by atoms with Gasteiger partial charge in [0.05, 0.1) is 5.92 Å². The van der Waals surface area contributed by atoms with Gasteiger partial charge in [-0.1, -0.05) is 24.3 Å². The van der Waals surface area contributed by atoms with Crippen LogP contribution in [0.3, 0.4) is 0 Å². The lowest BCUT2D eigenvalue weighted by atomic mass is 9.77. The Hall–Kier alpha value is -2.19. The Kier molecular flexibility index (Phi) is 3.07. The van der Waals surface area contributed by atoms with Crippen molar-refractivity contribution < 1.29 is 13.2 Å². The van der Waals surface area contributed by atoms with Crippen molar-refractivity contribution in [3.8, 4) is 0 Å². The third-order valence-electron chi connectivity index (χ3n) is 3.51. The molecule has 0 fully saturated rings. The number of aromatic nitrogens is 2. The minimum absolute atomic E-state index is 0.0330. The molecular weight excluding hydrogens is 292 g/mol. The summed E-state index contributed by atoms with van der Waals surface area (Å²) in [7, 11) is -2.37. The number of nitrogens with one attached hydrogen (secondary N) is 1. The van der Waals surface area contributed by atoms with Crippen molar-refractivity contribution in [2.75, 3.05) is 5.32 Å². The minimum Gasteiger partial charge on any atom is -0.308 e. The molecule has 1 heterocycles. The number of amides is 1. The van der Waals surface area contributed by atoms with Crippen LogP contribution in [0.5, 0.6) is 0 Å². The van der Waals surface area contributed by atoms with Gasteiger partial charge in [0.25, 0.3) is 0 Å². The van der Waals surface area contributed by atoms with Gasteiger partial charge < -0.3 is 5.32 Å². The Bertz CT molecular complexity index is 826. The van der Waals surface area contributed by atoms with Gasteiger partial charge in [0.15, 0.2) is 5.82 Å². The molecule has 7 nitrogen and oxygen atoms in total. The standard InChI is InChI=1S/C13H14N4O3S/c1-17-7-11(21(14,19)20)12(16-17)15-13(18)10-6-8-4-2-3-5-9(8)10/h2-5,7,10H,6H2,1H3,(H2,14,19,20)(H,15,16,18). The molecular formula is C13H14N4O3S. The maximum absolute atomic E-state index is 12.2. The summed E-state index contributed by atoms with van der Waals surface area (Å²) in [5.74, 6) is -0.594. The van der Waals surface area contributed by atoms with Crippen molar-refractivity contribution in [2.45, 2.75) is 17.2 Å². The molecule has 1 amide bonds. The van der Waals surface area contributed by atoms with Crippen molar-refractivity contribution in [3.63, 3.8) is 0 Å². The lowest BCUT2D eigenvalue weighted by molar-refractivity contribution is -0.118. The fourth-order valence-electron chi connectivity index (χ4n) is 2.46. The van der Waals surface area contributed by atoms with Crippen LogP contribution in [-0.4, -0.2) is 24.1 Å². The van der Waals surface area contributed by atoms with E-state index in [-0.39, 0.29) is 22.5 Å². The Morgan fingerprint density at radius 3 is 2.81 bits per heavy atom. The number of hydrogen-bond acceptors (Lipinski definition) is 4. The number of carbonyl (C=O) groups excluding carboxylic acids is 1. The van der Waals surface area contributed by atoms with Gasteiger partial charge in [-0.2, -0.15) is 5.10 Å². The van der Waals surface area contributed by atoms with Crippen LogP contribution < -0.4 is 10.5 Å². The van der Waals surface area contributed by atoms with E-state index in [1.54, 1.807) is 7.05 Å². The smallest absolute Gasteiger partial charge is 0.243 e. The largest absolute Gasteiger partial charge is 0.308 e. The monoisotopic (exact) mass is 306 g/mol. The van der Waals surface area contributed by atoms with Gasteiger partial charge in [0.1, 0.15) is 4.90 Å². The van der Waals surface area contributed by atoms with E-state index < -0.39 is 10.0 Å². The molecule has 0 spiro atoms. The van der Waals surface area contributed by atoms with Gasteiger partial charge >= 0.3 is 0 Å². The molecule has 1 atom stereocenters. The molecule has 0 radical (unpaired) electrons. The number of nitrogens with two attached hydrogens (primary N) is 1. The van der Waals surface area contributed by atoms with E-state index in [9.17, 15) is 13.2 Å². The molecule has 3 N–H and O–H groups in total. The third-order valence-corrected chi connectivity index (χ3v) is 4.43. The number of sulfonamides is 1. The highest BCUT2D eigenvalue weighted by molar-refractivity contribution is 7.89. The maximum atomic E-state index is 12.2. The summed E-state index contributed by atoms with van der Waals surface area (Å²) in [6.45, 7) is 0. The van der Waals surface area contributed by atoms with Gasteiger partial charge in [0, 0.05) is 13.2 Å². The molecule has 0 saturated carbocycles. The van der Waals surface area contributed by atoms with Crippen molar-refractivity contribution in [2.24, 2.45) is 12.2 Å². The summed E-state index contributed by atoms with van der Waals surface area (Å²) in [6, 6.07) is 7.65. The summed E-state index contributed by atoms with van der Waals surface area (Å²) in [6.07, 6.45) is 1.90. The number of benzene rings is 1. The highest BCUT2D eigenvalue weighted by atomic mass is 32.2. The van der Waals surface area contributed by atoms with E-state index in [0.29, 0.717) is 6.42 Å². The lowest BCUT2D eigenvalue weighted by Gasteiger charge is -2.28. The van der Waals surface area contributed by atoms with E-state index in [1.165, 1.54) is 10.9 Å². The van der Waals surface area contributed by atoms with Crippen molar-refractivity contribution in [1.82, 2.24) is 9.78 Å². The topological polar surface area (TPSA) is 107 Å². The summed E-state index contributed by atoms with van der Waals surface area (Å²) < 4.78 is 24.2. The fraction of sp³-hybridized carbons (Fsp3) is 0.231. The molecule has 0 saturated heterocycles. The predicted octanol–water partition coefficient (Wildman–Crippen LogP) is 0.346. The zero-order chi connectivity index (χ0) is 15.2.